The third-order valence-corrected chi connectivity index (χ3v) is 7.82. The van der Waals surface area contributed by atoms with E-state index in [1.807, 2.05) is 99.1 Å². The van der Waals surface area contributed by atoms with Gasteiger partial charge in [-0.05, 0) is 22.3 Å². The molecular weight excluding hydrogens is 1780 g/mol. The molecule has 0 saturated carbocycles. The molecule has 8 aromatic rings. The molecule has 0 aliphatic heterocycles. The van der Waals surface area contributed by atoms with Gasteiger partial charge in [0.15, 0.2) is 72.9 Å². The molecule has 0 radical (unpaired) electrons. The molecule has 0 aliphatic rings. The van der Waals surface area contributed by atoms with Crippen LogP contribution in [0, 0.1) is 0 Å². The van der Waals surface area contributed by atoms with Crippen molar-refractivity contribution in [2.75, 3.05) is 0 Å². The van der Waals surface area contributed by atoms with Gasteiger partial charge in [0, 0.05) is 293 Å². The monoisotopic (exact) mass is 1840 g/mol. The van der Waals surface area contributed by atoms with E-state index < -0.39 is 0 Å². The third-order valence-electron chi connectivity index (χ3n) is 7.82. The number of nitrogens with zero attached hydrogens (tertiary/aromatic N) is 8. The van der Waals surface area contributed by atoms with E-state index in [-0.39, 0.29) is 311 Å². The number of hydrogen-bond donors (Lipinski definition) is 0. The van der Waals surface area contributed by atoms with E-state index in [9.17, 15) is 0 Å². The Kier molecular flexibility index (Phi) is 221. The second kappa shape index (κ2) is 98.0. The van der Waals surface area contributed by atoms with E-state index in [0.717, 1.165) is 49.5 Å². The Labute approximate surface area is 582 Å². The smallest absolute Gasteiger partial charge is 0.176 e. The number of aromatic nitrogens is 12. The van der Waals surface area contributed by atoms with Crippen molar-refractivity contribution >= 4 is 0 Å². The van der Waals surface area contributed by atoms with Gasteiger partial charge in [0.25, 0.3) is 0 Å². The van der Waals surface area contributed by atoms with Crippen molar-refractivity contribution in [2.24, 2.45) is 0 Å². The van der Waals surface area contributed by atoms with Crippen LogP contribution in [0.1, 0.15) is 22.3 Å². The predicted octanol–water partition coefficient (Wildman–Crippen LogP) is -0.166. The molecule has 8 heterocycles. The summed E-state index contributed by atoms with van der Waals surface area (Å²) in [4.78, 5) is 30.3. The van der Waals surface area contributed by atoms with E-state index in [4.69, 9.17) is 0 Å². The molecule has 0 saturated heterocycles. The molecule has 82 heavy (non-hydrogen) atoms. The Hall–Kier alpha value is -2.09. The van der Waals surface area contributed by atoms with Crippen LogP contribution in [0.5, 0.6) is 0 Å². The number of H-pyrrole nitrogens is 4. The first-order chi connectivity index (χ1) is 23.8. The largest absolute Gasteiger partial charge is 2.00 e. The molecule has 492 valence electrons. The standard InChI is InChI=1S/2C18H16N6.8Mo.26O/c2*1-5-19-6-2-15(1)13-23-11-9-21-17(23)18-22-10-12-24(18)14-16-3-7-20-8-4-16;;;;;;;;;;;;;;;;;;;;;;;;;;;;;;;;;;/h2*1-12H,13-14H2;;;;;;;;;;;;;;;;;;;;;;;;;;;;;;;;;;/q;;;;;;;;;;26*-2/p+4. The van der Waals surface area contributed by atoms with Gasteiger partial charge >= 0.3 is 0 Å². The molecule has 38 nitrogen and oxygen atoms in total. The molecule has 46 heteroatoms. The van der Waals surface area contributed by atoms with Gasteiger partial charge in [-0.2, -0.15) is 0 Å². The van der Waals surface area contributed by atoms with E-state index in [2.05, 4.69) is 107 Å². The number of pyridine rings is 4. The summed E-state index contributed by atoms with van der Waals surface area (Å²) in [5, 5.41) is 0. The van der Waals surface area contributed by atoms with Crippen LogP contribution in [-0.2, 0) is 337 Å². The van der Waals surface area contributed by atoms with Crippen LogP contribution in [0.4, 0.5) is 0 Å². The number of aromatic amines is 4. The fraction of sp³-hybridized carbons (Fsp3) is 0.111. The van der Waals surface area contributed by atoms with Crippen LogP contribution in [0.2, 0.25) is 0 Å². The third kappa shape index (κ3) is 52.3. The van der Waals surface area contributed by atoms with E-state index >= 15 is 0 Å². The van der Waals surface area contributed by atoms with Crippen molar-refractivity contribution in [1.29, 1.82) is 0 Å². The molecule has 4 N–H and O–H groups in total. The minimum absolute atomic E-state index is 0. The van der Waals surface area contributed by atoms with Crippen LogP contribution in [-0.4, -0.2) is 38.2 Å². The topological polar surface area (TPSA) is 869 Å². The summed E-state index contributed by atoms with van der Waals surface area (Å²) >= 11 is 0. The molecule has 8 rings (SSSR count). The van der Waals surface area contributed by atoms with Crippen molar-refractivity contribution < 1.29 is 331 Å². The van der Waals surface area contributed by atoms with Crippen molar-refractivity contribution in [3.63, 3.8) is 0 Å². The molecule has 8 aromatic heterocycles. The van der Waals surface area contributed by atoms with Gasteiger partial charge in [-0.25, -0.2) is 39.9 Å². The maximum atomic E-state index is 4.52. The van der Waals surface area contributed by atoms with E-state index in [1.165, 1.54) is 22.3 Å². The number of imidazole rings is 4. The number of hydrogen-bond acceptors (Lipinski definition) is 4. The summed E-state index contributed by atoms with van der Waals surface area (Å²) in [6, 6.07) is 16.5. The summed E-state index contributed by atoms with van der Waals surface area (Å²) in [6.45, 7) is 3.04. The van der Waals surface area contributed by atoms with E-state index in [1.54, 1.807) is 0 Å². The molecule has 0 unspecified atom stereocenters. The maximum Gasteiger partial charge on any atom is 0.176 e. The summed E-state index contributed by atoms with van der Waals surface area (Å²) in [6.07, 6.45) is 30.7. The Morgan fingerprint density at radius 1 is 0.220 bits per heavy atom. The van der Waals surface area contributed by atoms with Gasteiger partial charge in [-0.1, -0.05) is 0 Å². The average Bonchev–Trinajstić information content (AvgIpc) is 3.96. The van der Waals surface area contributed by atoms with Crippen LogP contribution in [0.3, 0.4) is 0 Å². The van der Waals surface area contributed by atoms with E-state index in [0.29, 0.717) is 0 Å². The van der Waals surface area contributed by atoms with Crippen LogP contribution >= 0.6 is 0 Å². The second-order valence-corrected chi connectivity index (χ2v) is 11.1. The normalized spacial score (nSPS) is 6.34. The molecule has 0 amide bonds. The summed E-state index contributed by atoms with van der Waals surface area (Å²) in [5.74, 6) is 3.48. The van der Waals surface area contributed by atoms with Gasteiger partial charge in [-0.3, -0.25) is 0 Å². The zero-order valence-electron chi connectivity index (χ0n) is 40.1. The first kappa shape index (κ1) is 185. The van der Waals surface area contributed by atoms with Gasteiger partial charge in [0.1, 0.15) is 0 Å². The summed E-state index contributed by atoms with van der Waals surface area (Å²) in [7, 11) is 0. The van der Waals surface area contributed by atoms with Crippen molar-refractivity contribution in [2.45, 2.75) is 26.2 Å². The van der Waals surface area contributed by atoms with Crippen LogP contribution in [0.15, 0.2) is 148 Å². The predicted molar refractivity (Wildman–Crippen MR) is 193 cm³/mol. The Balaban J connectivity index is -0.0000000193. The fourth-order valence-corrected chi connectivity index (χ4v) is 5.47. The zero-order valence-corrected chi connectivity index (χ0v) is 56.2. The molecule has 0 spiro atoms. The Morgan fingerprint density at radius 2 is 0.341 bits per heavy atom. The van der Waals surface area contributed by atoms with Gasteiger partial charge < -0.3 is 161 Å². The van der Waals surface area contributed by atoms with Crippen molar-refractivity contribution in [3.05, 3.63) is 170 Å². The minimum Gasteiger partial charge on any atom is -2.00 e. The molecule has 0 aromatic carbocycles. The van der Waals surface area contributed by atoms with Crippen LogP contribution < -0.4 is 19.9 Å². The molecule has 0 fully saturated rings. The number of nitrogens with one attached hydrogen (secondary N) is 4. The van der Waals surface area contributed by atoms with Gasteiger partial charge in [0.2, 0.25) is 0 Å². The second-order valence-electron chi connectivity index (χ2n) is 11.1. The molecular formula is C36H36Mo8N12O26-48. The Morgan fingerprint density at radius 3 is 0.463 bits per heavy atom. The first-order valence-electron chi connectivity index (χ1n) is 15.7. The number of rotatable bonds is 10. The average molecular weight is 1820 g/mol. The molecule has 0 atom stereocenters. The zero-order chi connectivity index (χ0) is 32.4. The Bertz CT molecular complexity index is 1930. The summed E-state index contributed by atoms with van der Waals surface area (Å²) < 4.78 is 8.47. The summed E-state index contributed by atoms with van der Waals surface area (Å²) in [5.41, 5.74) is 4.85. The van der Waals surface area contributed by atoms with Crippen molar-refractivity contribution in [1.82, 2.24) is 38.2 Å². The van der Waals surface area contributed by atoms with Gasteiger partial charge in [0.05, 0.1) is 0 Å². The minimum atomic E-state index is 0. The fourth-order valence-electron chi connectivity index (χ4n) is 5.47. The maximum absolute atomic E-state index is 4.52. The quantitative estimate of drug-likeness (QED) is 0.168. The SMILES string of the molecule is [Mo].[Mo].[Mo].[Mo].[Mo].[Mo].[Mo].[Mo].[O-2].[O-2].[O-2].[O-2].[O-2].[O-2].[O-2].[O-2].[O-2].[O-2].[O-2].[O-2].[O-2].[O-2].[O-2].[O-2].[O-2].[O-2].[O-2].[O-2].[O-2].[O-2].[O-2].[O-2].[O-2].[O-2].c1cn(Cc2cc[nH+]cc2)c(-c2nccn2Cc2cc[nH+]cc2)n1.c1cn(Cc2cc[nH+]cc2)c(-c2nccn2Cc2cc[nH+]cc2)n1. The first-order valence-corrected chi connectivity index (χ1v) is 15.7. The molecule has 0 bridgehead atoms. The van der Waals surface area contributed by atoms with Gasteiger partial charge in [-0.15, -0.1) is 0 Å². The molecule has 0 aliphatic carbocycles. The van der Waals surface area contributed by atoms with Crippen LogP contribution in [0.25, 0.3) is 23.3 Å². The van der Waals surface area contributed by atoms with Crippen molar-refractivity contribution in [3.8, 4) is 23.3 Å².